The third-order valence-corrected chi connectivity index (χ3v) is 4.78. The first-order chi connectivity index (χ1) is 12.9. The standard InChI is InChI=1S/C19H20N2O5S/c1-13-6-8-15(9-7-13)27-11-10-20-18(22)12-26-19(23)16-4-3-5-17(14(16)2)21(24)25/h3-9H,10-12H2,1-2H3,(H,20,22). The number of hydrogen-bond donors (Lipinski definition) is 1. The summed E-state index contributed by atoms with van der Waals surface area (Å²) < 4.78 is 4.95. The van der Waals surface area contributed by atoms with Gasteiger partial charge in [-0.1, -0.05) is 23.8 Å². The maximum atomic E-state index is 12.1. The van der Waals surface area contributed by atoms with Crippen LogP contribution in [-0.4, -0.2) is 35.7 Å². The van der Waals surface area contributed by atoms with Gasteiger partial charge in [0.05, 0.1) is 10.5 Å². The van der Waals surface area contributed by atoms with Gasteiger partial charge < -0.3 is 10.1 Å². The molecule has 0 bridgehead atoms. The molecule has 8 heteroatoms. The summed E-state index contributed by atoms with van der Waals surface area (Å²) in [4.78, 5) is 35.3. The largest absolute Gasteiger partial charge is 0.452 e. The highest BCUT2D eigenvalue weighted by molar-refractivity contribution is 7.99. The SMILES string of the molecule is Cc1ccc(SCCNC(=O)COC(=O)c2cccc([N+](=O)[O-])c2C)cc1. The molecule has 0 radical (unpaired) electrons. The number of rotatable bonds is 8. The Hall–Kier alpha value is -2.87. The predicted octanol–water partition coefficient (Wildman–Crippen LogP) is 3.28. The number of amides is 1. The van der Waals surface area contributed by atoms with Crippen LogP contribution in [-0.2, 0) is 9.53 Å². The number of esters is 1. The number of benzene rings is 2. The zero-order valence-electron chi connectivity index (χ0n) is 15.1. The molecule has 0 fully saturated rings. The maximum absolute atomic E-state index is 12.1. The van der Waals surface area contributed by atoms with Crippen LogP contribution in [0.15, 0.2) is 47.4 Å². The van der Waals surface area contributed by atoms with E-state index in [0.717, 1.165) is 4.90 Å². The van der Waals surface area contributed by atoms with Crippen molar-refractivity contribution in [3.8, 4) is 0 Å². The van der Waals surface area contributed by atoms with E-state index in [0.29, 0.717) is 12.3 Å². The number of hydrogen-bond acceptors (Lipinski definition) is 6. The van der Waals surface area contributed by atoms with E-state index >= 15 is 0 Å². The molecule has 2 aromatic rings. The number of nitrogens with zero attached hydrogens (tertiary/aromatic N) is 1. The van der Waals surface area contributed by atoms with E-state index in [-0.39, 0.29) is 16.8 Å². The quantitative estimate of drug-likeness (QED) is 0.245. The van der Waals surface area contributed by atoms with E-state index in [1.54, 1.807) is 11.8 Å². The predicted molar refractivity (Wildman–Crippen MR) is 103 cm³/mol. The van der Waals surface area contributed by atoms with Crippen LogP contribution in [0.1, 0.15) is 21.5 Å². The molecule has 0 unspecified atom stereocenters. The van der Waals surface area contributed by atoms with Crippen LogP contribution < -0.4 is 5.32 Å². The fraction of sp³-hybridized carbons (Fsp3) is 0.263. The lowest BCUT2D eigenvalue weighted by molar-refractivity contribution is -0.385. The Morgan fingerprint density at radius 2 is 1.85 bits per heavy atom. The third kappa shape index (κ3) is 6.10. The lowest BCUT2D eigenvalue weighted by Crippen LogP contribution is -2.30. The van der Waals surface area contributed by atoms with Crippen molar-refractivity contribution in [3.05, 3.63) is 69.3 Å². The number of aryl methyl sites for hydroxylation is 1. The van der Waals surface area contributed by atoms with Crippen LogP contribution >= 0.6 is 11.8 Å². The average molecular weight is 388 g/mol. The fourth-order valence-corrected chi connectivity index (χ4v) is 3.06. The van der Waals surface area contributed by atoms with Gasteiger partial charge in [0.2, 0.25) is 0 Å². The van der Waals surface area contributed by atoms with Crippen molar-refractivity contribution >= 4 is 29.3 Å². The Balaban J connectivity index is 1.75. The zero-order valence-corrected chi connectivity index (χ0v) is 15.9. The van der Waals surface area contributed by atoms with Gasteiger partial charge in [0.1, 0.15) is 0 Å². The molecule has 1 amide bonds. The Morgan fingerprint density at radius 1 is 1.15 bits per heavy atom. The summed E-state index contributed by atoms with van der Waals surface area (Å²) in [5.41, 5.74) is 1.31. The van der Waals surface area contributed by atoms with E-state index in [1.165, 1.54) is 30.7 Å². The highest BCUT2D eigenvalue weighted by atomic mass is 32.2. The minimum absolute atomic E-state index is 0.0759. The molecule has 142 valence electrons. The summed E-state index contributed by atoms with van der Waals surface area (Å²) in [6.45, 7) is 3.49. The van der Waals surface area contributed by atoms with E-state index in [1.807, 2.05) is 31.2 Å². The zero-order chi connectivity index (χ0) is 19.8. The van der Waals surface area contributed by atoms with Crippen LogP contribution in [0.5, 0.6) is 0 Å². The summed E-state index contributed by atoms with van der Waals surface area (Å²) >= 11 is 1.61. The number of nitro benzene ring substituents is 1. The fourth-order valence-electron chi connectivity index (χ4n) is 2.30. The molecule has 0 spiro atoms. The van der Waals surface area contributed by atoms with Crippen LogP contribution in [0.2, 0.25) is 0 Å². The molecule has 0 saturated heterocycles. The summed E-state index contributed by atoms with van der Waals surface area (Å²) in [6, 6.07) is 12.2. The van der Waals surface area contributed by atoms with Gasteiger partial charge in [-0.2, -0.15) is 0 Å². The van der Waals surface area contributed by atoms with Crippen molar-refractivity contribution in [3.63, 3.8) is 0 Å². The van der Waals surface area contributed by atoms with Crippen molar-refractivity contribution in [2.75, 3.05) is 18.9 Å². The van der Waals surface area contributed by atoms with Gasteiger partial charge in [0.25, 0.3) is 11.6 Å². The third-order valence-electron chi connectivity index (χ3n) is 3.77. The summed E-state index contributed by atoms with van der Waals surface area (Å²) in [6.07, 6.45) is 0. The van der Waals surface area contributed by atoms with Crippen LogP contribution in [0.3, 0.4) is 0 Å². The van der Waals surface area contributed by atoms with E-state index in [2.05, 4.69) is 5.32 Å². The average Bonchev–Trinajstić information content (AvgIpc) is 2.64. The molecule has 2 aromatic carbocycles. The number of thioether (sulfide) groups is 1. The molecule has 0 aromatic heterocycles. The van der Waals surface area contributed by atoms with Crippen LogP contribution in [0, 0.1) is 24.0 Å². The summed E-state index contributed by atoms with van der Waals surface area (Å²) in [7, 11) is 0. The van der Waals surface area contributed by atoms with Crippen molar-refractivity contribution in [1.82, 2.24) is 5.32 Å². The molecule has 0 saturated carbocycles. The topological polar surface area (TPSA) is 98.5 Å². The van der Waals surface area contributed by atoms with Gasteiger partial charge in [-0.25, -0.2) is 4.79 Å². The number of nitrogens with one attached hydrogen (secondary N) is 1. The minimum atomic E-state index is -0.764. The number of carbonyl (C=O) groups excluding carboxylic acids is 2. The van der Waals surface area contributed by atoms with Gasteiger partial charge in [0, 0.05) is 28.8 Å². The Kier molecular flexibility index (Phi) is 7.36. The lowest BCUT2D eigenvalue weighted by atomic mass is 10.1. The van der Waals surface area contributed by atoms with Gasteiger partial charge in [-0.15, -0.1) is 11.8 Å². The summed E-state index contributed by atoms with van der Waals surface area (Å²) in [5, 5.41) is 13.6. The molecule has 0 aliphatic rings. The highest BCUT2D eigenvalue weighted by Crippen LogP contribution is 2.21. The number of nitro groups is 1. The second kappa shape index (κ2) is 9.72. The first kappa shape index (κ1) is 20.4. The number of ether oxygens (including phenoxy) is 1. The second-order valence-electron chi connectivity index (χ2n) is 5.79. The minimum Gasteiger partial charge on any atom is -0.452 e. The Labute approximate surface area is 161 Å². The van der Waals surface area contributed by atoms with Crippen molar-refractivity contribution < 1.29 is 19.2 Å². The van der Waals surface area contributed by atoms with E-state index < -0.39 is 23.4 Å². The Bertz CT molecular complexity index is 836. The highest BCUT2D eigenvalue weighted by Gasteiger charge is 2.19. The smallest absolute Gasteiger partial charge is 0.339 e. The van der Waals surface area contributed by atoms with Gasteiger partial charge in [-0.3, -0.25) is 14.9 Å². The maximum Gasteiger partial charge on any atom is 0.339 e. The van der Waals surface area contributed by atoms with Crippen molar-refractivity contribution in [2.24, 2.45) is 0 Å². The van der Waals surface area contributed by atoms with Crippen molar-refractivity contribution in [1.29, 1.82) is 0 Å². The monoisotopic (exact) mass is 388 g/mol. The molecule has 0 aliphatic heterocycles. The number of carbonyl (C=O) groups is 2. The molecule has 27 heavy (non-hydrogen) atoms. The van der Waals surface area contributed by atoms with Gasteiger partial charge in [0.15, 0.2) is 6.61 Å². The molecule has 0 heterocycles. The lowest BCUT2D eigenvalue weighted by Gasteiger charge is -2.08. The van der Waals surface area contributed by atoms with Gasteiger partial charge >= 0.3 is 5.97 Å². The van der Waals surface area contributed by atoms with E-state index in [9.17, 15) is 19.7 Å². The first-order valence-corrected chi connectivity index (χ1v) is 9.24. The first-order valence-electron chi connectivity index (χ1n) is 8.26. The van der Waals surface area contributed by atoms with Crippen LogP contribution in [0.25, 0.3) is 0 Å². The molecular weight excluding hydrogens is 368 g/mol. The summed E-state index contributed by atoms with van der Waals surface area (Å²) in [5.74, 6) is -0.497. The van der Waals surface area contributed by atoms with E-state index in [4.69, 9.17) is 4.74 Å². The second-order valence-corrected chi connectivity index (χ2v) is 6.96. The molecule has 7 nitrogen and oxygen atoms in total. The van der Waals surface area contributed by atoms with Gasteiger partial charge in [-0.05, 0) is 32.0 Å². The molecular formula is C19H20N2O5S. The van der Waals surface area contributed by atoms with Crippen molar-refractivity contribution in [2.45, 2.75) is 18.7 Å². The molecule has 0 aliphatic carbocycles. The van der Waals surface area contributed by atoms with Crippen LogP contribution in [0.4, 0.5) is 5.69 Å². The molecule has 0 atom stereocenters. The normalized spacial score (nSPS) is 10.3. The Morgan fingerprint density at radius 3 is 2.52 bits per heavy atom. The molecule has 2 rings (SSSR count). The molecule has 1 N–H and O–H groups in total.